The number of hydrogen-bond acceptors (Lipinski definition) is 3. The maximum Gasteiger partial charge on any atom is 0.338 e. The molecule has 0 aliphatic rings. The summed E-state index contributed by atoms with van der Waals surface area (Å²) in [6, 6.07) is 6.66. The molecule has 1 aromatic carbocycles. The van der Waals surface area contributed by atoms with E-state index in [-0.39, 0.29) is 5.97 Å². The van der Waals surface area contributed by atoms with Crippen molar-refractivity contribution in [1.29, 1.82) is 0 Å². The third kappa shape index (κ3) is 4.64. The summed E-state index contributed by atoms with van der Waals surface area (Å²) in [7, 11) is 0. The molecule has 0 bridgehead atoms. The van der Waals surface area contributed by atoms with E-state index >= 15 is 0 Å². The topological polar surface area (TPSA) is 38.3 Å². The molecule has 0 heterocycles. The minimum Gasteiger partial charge on any atom is -0.461 e. The molecule has 1 aromatic rings. The van der Waals surface area contributed by atoms with Crippen LogP contribution in [0, 0.1) is 0 Å². The Morgan fingerprint density at radius 3 is 2.62 bits per heavy atom. The van der Waals surface area contributed by atoms with Gasteiger partial charge in [-0.1, -0.05) is 18.5 Å². The summed E-state index contributed by atoms with van der Waals surface area (Å²) >= 11 is 5.72. The van der Waals surface area contributed by atoms with Gasteiger partial charge in [-0.2, -0.15) is 0 Å². The van der Waals surface area contributed by atoms with Crippen LogP contribution in [0.1, 0.15) is 23.7 Å². The number of carbonyl (C=O) groups is 1. The SMILES string of the molecule is CCCNCCOC(=O)c1ccc(Cl)cc1. The number of nitrogens with one attached hydrogen (secondary N) is 1. The van der Waals surface area contributed by atoms with Crippen LogP contribution in [-0.4, -0.2) is 25.7 Å². The van der Waals surface area contributed by atoms with Gasteiger partial charge in [0.15, 0.2) is 0 Å². The molecule has 16 heavy (non-hydrogen) atoms. The van der Waals surface area contributed by atoms with E-state index < -0.39 is 0 Å². The maximum atomic E-state index is 11.5. The van der Waals surface area contributed by atoms with Crippen LogP contribution in [0.5, 0.6) is 0 Å². The number of rotatable bonds is 6. The first-order valence-corrected chi connectivity index (χ1v) is 5.75. The third-order valence-corrected chi connectivity index (χ3v) is 2.27. The largest absolute Gasteiger partial charge is 0.461 e. The Morgan fingerprint density at radius 1 is 1.31 bits per heavy atom. The molecule has 3 nitrogen and oxygen atoms in total. The summed E-state index contributed by atoms with van der Waals surface area (Å²) < 4.78 is 5.07. The Hall–Kier alpha value is -1.06. The lowest BCUT2D eigenvalue weighted by Gasteiger charge is -2.05. The molecule has 1 rings (SSSR count). The van der Waals surface area contributed by atoms with Crippen LogP contribution in [0.2, 0.25) is 5.02 Å². The van der Waals surface area contributed by atoms with Crippen molar-refractivity contribution in [3.05, 3.63) is 34.9 Å². The van der Waals surface area contributed by atoms with Gasteiger partial charge in [0, 0.05) is 11.6 Å². The summed E-state index contributed by atoms with van der Waals surface area (Å²) in [5.41, 5.74) is 0.528. The van der Waals surface area contributed by atoms with Gasteiger partial charge in [0.1, 0.15) is 6.61 Å². The van der Waals surface area contributed by atoms with Crippen molar-refractivity contribution in [3.63, 3.8) is 0 Å². The van der Waals surface area contributed by atoms with Gasteiger partial charge in [-0.3, -0.25) is 0 Å². The zero-order chi connectivity index (χ0) is 11.8. The quantitative estimate of drug-likeness (QED) is 0.614. The second-order valence-corrected chi connectivity index (χ2v) is 3.83. The van der Waals surface area contributed by atoms with E-state index in [1.165, 1.54) is 0 Å². The van der Waals surface area contributed by atoms with Gasteiger partial charge < -0.3 is 10.1 Å². The van der Waals surface area contributed by atoms with Crippen molar-refractivity contribution in [3.8, 4) is 0 Å². The van der Waals surface area contributed by atoms with Crippen molar-refractivity contribution in [2.45, 2.75) is 13.3 Å². The average Bonchev–Trinajstić information content (AvgIpc) is 2.29. The van der Waals surface area contributed by atoms with E-state index in [2.05, 4.69) is 12.2 Å². The molecule has 0 aliphatic heterocycles. The summed E-state index contributed by atoms with van der Waals surface area (Å²) in [6.07, 6.45) is 1.07. The van der Waals surface area contributed by atoms with Gasteiger partial charge in [0.05, 0.1) is 5.56 Å². The molecule has 0 fully saturated rings. The summed E-state index contributed by atoms with van der Waals surface area (Å²) in [5.74, 6) is -0.310. The summed E-state index contributed by atoms with van der Waals surface area (Å²) in [4.78, 5) is 11.5. The molecule has 0 radical (unpaired) electrons. The highest BCUT2D eigenvalue weighted by molar-refractivity contribution is 6.30. The average molecular weight is 242 g/mol. The Labute approximate surface area is 101 Å². The molecule has 0 aromatic heterocycles. The fourth-order valence-corrected chi connectivity index (χ4v) is 1.31. The number of benzene rings is 1. The van der Waals surface area contributed by atoms with Crippen LogP contribution in [0.15, 0.2) is 24.3 Å². The van der Waals surface area contributed by atoms with Crippen LogP contribution >= 0.6 is 11.6 Å². The van der Waals surface area contributed by atoms with Crippen molar-refractivity contribution < 1.29 is 9.53 Å². The molecular formula is C12H16ClNO2. The van der Waals surface area contributed by atoms with Gasteiger partial charge >= 0.3 is 5.97 Å². The van der Waals surface area contributed by atoms with Crippen LogP contribution in [-0.2, 0) is 4.74 Å². The van der Waals surface area contributed by atoms with Crippen molar-refractivity contribution >= 4 is 17.6 Å². The van der Waals surface area contributed by atoms with Gasteiger partial charge in [-0.05, 0) is 37.2 Å². The van der Waals surface area contributed by atoms with E-state index in [0.717, 1.165) is 13.0 Å². The fourth-order valence-electron chi connectivity index (χ4n) is 1.19. The normalized spacial score (nSPS) is 10.1. The molecule has 4 heteroatoms. The molecule has 0 aliphatic carbocycles. The fraction of sp³-hybridized carbons (Fsp3) is 0.417. The highest BCUT2D eigenvalue weighted by Crippen LogP contribution is 2.10. The standard InChI is InChI=1S/C12H16ClNO2/c1-2-7-14-8-9-16-12(15)10-3-5-11(13)6-4-10/h3-6,14H,2,7-9H2,1H3. The Morgan fingerprint density at radius 2 is 2.00 bits per heavy atom. The lowest BCUT2D eigenvalue weighted by molar-refractivity contribution is 0.0509. The van der Waals surface area contributed by atoms with Crippen LogP contribution in [0.25, 0.3) is 0 Å². The van der Waals surface area contributed by atoms with E-state index in [0.29, 0.717) is 23.7 Å². The lowest BCUT2D eigenvalue weighted by atomic mass is 10.2. The molecule has 0 unspecified atom stereocenters. The zero-order valence-corrected chi connectivity index (χ0v) is 10.1. The Balaban J connectivity index is 2.27. The first kappa shape index (κ1) is 13.0. The van der Waals surface area contributed by atoms with E-state index in [1.807, 2.05) is 0 Å². The first-order valence-electron chi connectivity index (χ1n) is 5.37. The molecule has 1 N–H and O–H groups in total. The Bertz CT molecular complexity index is 324. The maximum absolute atomic E-state index is 11.5. The predicted molar refractivity (Wildman–Crippen MR) is 64.9 cm³/mol. The molecule has 0 saturated heterocycles. The number of hydrogen-bond donors (Lipinski definition) is 1. The molecule has 0 amide bonds. The van der Waals surface area contributed by atoms with Crippen LogP contribution in [0.3, 0.4) is 0 Å². The van der Waals surface area contributed by atoms with Gasteiger partial charge in [-0.15, -0.1) is 0 Å². The van der Waals surface area contributed by atoms with Gasteiger partial charge in [-0.25, -0.2) is 4.79 Å². The van der Waals surface area contributed by atoms with Gasteiger partial charge in [0.2, 0.25) is 0 Å². The number of ether oxygens (including phenoxy) is 1. The zero-order valence-electron chi connectivity index (χ0n) is 9.33. The number of carbonyl (C=O) groups excluding carboxylic acids is 1. The third-order valence-electron chi connectivity index (χ3n) is 2.02. The highest BCUT2D eigenvalue weighted by Gasteiger charge is 2.05. The van der Waals surface area contributed by atoms with Crippen molar-refractivity contribution in [1.82, 2.24) is 5.32 Å². The summed E-state index contributed by atoms with van der Waals surface area (Å²) in [6.45, 7) is 4.11. The van der Waals surface area contributed by atoms with Crippen molar-refractivity contribution in [2.24, 2.45) is 0 Å². The van der Waals surface area contributed by atoms with E-state index in [1.54, 1.807) is 24.3 Å². The number of esters is 1. The number of halogens is 1. The molecule has 0 atom stereocenters. The predicted octanol–water partition coefficient (Wildman–Crippen LogP) is 2.50. The van der Waals surface area contributed by atoms with Crippen LogP contribution in [0.4, 0.5) is 0 Å². The molecular weight excluding hydrogens is 226 g/mol. The monoisotopic (exact) mass is 241 g/mol. The first-order chi connectivity index (χ1) is 7.74. The van der Waals surface area contributed by atoms with E-state index in [4.69, 9.17) is 16.3 Å². The second-order valence-electron chi connectivity index (χ2n) is 3.39. The minimum atomic E-state index is -0.310. The van der Waals surface area contributed by atoms with Crippen molar-refractivity contribution in [2.75, 3.05) is 19.7 Å². The smallest absolute Gasteiger partial charge is 0.338 e. The van der Waals surface area contributed by atoms with Crippen LogP contribution < -0.4 is 5.32 Å². The second kappa shape index (κ2) is 7.25. The molecule has 0 saturated carbocycles. The summed E-state index contributed by atoms with van der Waals surface area (Å²) in [5, 5.41) is 3.76. The Kier molecular flexibility index (Phi) is 5.90. The van der Waals surface area contributed by atoms with E-state index in [9.17, 15) is 4.79 Å². The minimum absolute atomic E-state index is 0.310. The lowest BCUT2D eigenvalue weighted by Crippen LogP contribution is -2.22. The molecule has 88 valence electrons. The van der Waals surface area contributed by atoms with Gasteiger partial charge in [0.25, 0.3) is 0 Å². The highest BCUT2D eigenvalue weighted by atomic mass is 35.5. The molecule has 0 spiro atoms.